The minimum absolute atomic E-state index is 0.0126. The van der Waals surface area contributed by atoms with Crippen molar-refractivity contribution in [2.75, 3.05) is 5.32 Å². The van der Waals surface area contributed by atoms with Crippen molar-refractivity contribution in [1.82, 2.24) is 19.6 Å². The quantitative estimate of drug-likeness (QED) is 0.544. The number of halogens is 3. The van der Waals surface area contributed by atoms with Crippen molar-refractivity contribution in [3.05, 3.63) is 47.9 Å². The second-order valence-electron chi connectivity index (χ2n) is 7.15. The molecule has 1 fully saturated rings. The van der Waals surface area contributed by atoms with E-state index in [4.69, 9.17) is 0 Å². The van der Waals surface area contributed by atoms with Gasteiger partial charge in [-0.2, -0.15) is 5.10 Å². The molecule has 1 aromatic carbocycles. The van der Waals surface area contributed by atoms with Crippen LogP contribution in [-0.4, -0.2) is 31.7 Å². The molecular formula is C20H16F3N5O. The van der Waals surface area contributed by atoms with Crippen molar-refractivity contribution in [3.8, 4) is 11.1 Å². The summed E-state index contributed by atoms with van der Waals surface area (Å²) in [5.41, 5.74) is 2.03. The van der Waals surface area contributed by atoms with E-state index in [2.05, 4.69) is 20.5 Å². The van der Waals surface area contributed by atoms with Crippen LogP contribution in [0.4, 0.5) is 19.0 Å². The van der Waals surface area contributed by atoms with Crippen LogP contribution in [-0.2, 0) is 11.2 Å². The Kier molecular flexibility index (Phi) is 3.87. The molecule has 9 heteroatoms. The number of anilines is 1. The van der Waals surface area contributed by atoms with Crippen LogP contribution in [0.3, 0.4) is 0 Å². The lowest BCUT2D eigenvalue weighted by Crippen LogP contribution is -2.15. The number of fused-ring (bicyclic) bond motifs is 2. The van der Waals surface area contributed by atoms with Crippen LogP contribution in [0.5, 0.6) is 0 Å². The number of H-pyrrole nitrogens is 1. The summed E-state index contributed by atoms with van der Waals surface area (Å²) in [5, 5.41) is 9.47. The number of alkyl halides is 1. The summed E-state index contributed by atoms with van der Waals surface area (Å²) in [6.45, 7) is 1.76. The van der Waals surface area contributed by atoms with E-state index < -0.39 is 29.6 Å². The Morgan fingerprint density at radius 1 is 1.31 bits per heavy atom. The first kappa shape index (κ1) is 17.7. The normalized spacial score (nSPS) is 18.5. The average molecular weight is 399 g/mol. The van der Waals surface area contributed by atoms with Crippen molar-refractivity contribution in [2.45, 2.75) is 25.9 Å². The molecule has 0 aliphatic heterocycles. The lowest BCUT2D eigenvalue weighted by atomic mass is 9.95. The molecule has 0 bridgehead atoms. The van der Waals surface area contributed by atoms with Gasteiger partial charge in [-0.05, 0) is 36.1 Å². The summed E-state index contributed by atoms with van der Waals surface area (Å²) in [6, 6.07) is 3.47. The molecule has 6 nitrogen and oxygen atoms in total. The molecular weight excluding hydrogens is 383 g/mol. The largest absolute Gasteiger partial charge is 0.309 e. The molecule has 4 aromatic rings. The molecule has 5 rings (SSSR count). The molecule has 1 aliphatic rings. The topological polar surface area (TPSA) is 75.1 Å². The number of hydrogen-bond donors (Lipinski definition) is 2. The van der Waals surface area contributed by atoms with Crippen molar-refractivity contribution in [3.63, 3.8) is 0 Å². The molecule has 2 N–H and O–H groups in total. The summed E-state index contributed by atoms with van der Waals surface area (Å²) < 4.78 is 43.7. The Morgan fingerprint density at radius 2 is 2.10 bits per heavy atom. The molecule has 0 saturated heterocycles. The highest BCUT2D eigenvalue weighted by atomic mass is 19.2. The number of benzene rings is 1. The van der Waals surface area contributed by atoms with E-state index in [-0.39, 0.29) is 17.5 Å². The molecule has 1 saturated carbocycles. The smallest absolute Gasteiger partial charge is 0.231 e. The van der Waals surface area contributed by atoms with Gasteiger partial charge in [0.25, 0.3) is 0 Å². The van der Waals surface area contributed by atoms with Crippen LogP contribution < -0.4 is 5.32 Å². The van der Waals surface area contributed by atoms with E-state index >= 15 is 0 Å². The number of pyridine rings is 1. The van der Waals surface area contributed by atoms with Crippen LogP contribution >= 0.6 is 0 Å². The average Bonchev–Trinajstić information content (AvgIpc) is 3.09. The zero-order valence-corrected chi connectivity index (χ0v) is 15.3. The van der Waals surface area contributed by atoms with Crippen LogP contribution in [0.1, 0.15) is 18.9 Å². The second-order valence-corrected chi connectivity index (χ2v) is 7.15. The maximum Gasteiger partial charge on any atom is 0.231 e. The fourth-order valence-corrected chi connectivity index (χ4v) is 3.67. The van der Waals surface area contributed by atoms with Crippen molar-refractivity contribution in [2.24, 2.45) is 5.92 Å². The van der Waals surface area contributed by atoms with Gasteiger partial charge in [0.05, 0.1) is 18.3 Å². The standard InChI is InChI=1S/C20H16F3N5O/c1-2-10-16(12-6-24-27-19(12)18(23)17(10)22)9-3-4-15-25-14(8-28(15)7-9)26-20(29)11-5-13(11)21/h3-4,6-8,11,13H,2,5H2,1H3,(H,24,27)(H,26,29)/t11-,13+/m1/s1. The maximum atomic E-state index is 14.6. The first-order valence-electron chi connectivity index (χ1n) is 9.25. The molecule has 1 aliphatic carbocycles. The molecule has 3 aromatic heterocycles. The molecule has 0 radical (unpaired) electrons. The first-order chi connectivity index (χ1) is 14.0. The minimum Gasteiger partial charge on any atom is -0.309 e. The third kappa shape index (κ3) is 2.76. The fraction of sp³-hybridized carbons (Fsp3) is 0.250. The van der Waals surface area contributed by atoms with E-state index in [0.29, 0.717) is 34.4 Å². The number of aromatic amines is 1. The number of amides is 1. The van der Waals surface area contributed by atoms with Gasteiger partial charge >= 0.3 is 0 Å². The van der Waals surface area contributed by atoms with E-state index in [9.17, 15) is 18.0 Å². The van der Waals surface area contributed by atoms with Gasteiger partial charge in [0.15, 0.2) is 17.5 Å². The van der Waals surface area contributed by atoms with Gasteiger partial charge < -0.3 is 9.72 Å². The lowest BCUT2D eigenvalue weighted by Gasteiger charge is -2.12. The summed E-state index contributed by atoms with van der Waals surface area (Å²) in [6.07, 6.45) is 4.25. The summed E-state index contributed by atoms with van der Waals surface area (Å²) >= 11 is 0. The Morgan fingerprint density at radius 3 is 2.83 bits per heavy atom. The summed E-state index contributed by atoms with van der Waals surface area (Å²) in [7, 11) is 0. The van der Waals surface area contributed by atoms with Gasteiger partial charge in [0.1, 0.15) is 17.3 Å². The molecule has 148 valence electrons. The zero-order chi connectivity index (χ0) is 20.3. The van der Waals surface area contributed by atoms with E-state index in [1.54, 1.807) is 35.9 Å². The highest BCUT2D eigenvalue weighted by molar-refractivity contribution is 5.97. The number of rotatable bonds is 4. The Balaban J connectivity index is 1.60. The molecule has 3 heterocycles. The highest BCUT2D eigenvalue weighted by Crippen LogP contribution is 2.36. The Hall–Kier alpha value is -3.36. The molecule has 0 spiro atoms. The first-order valence-corrected chi connectivity index (χ1v) is 9.25. The maximum absolute atomic E-state index is 14.6. The predicted molar refractivity (Wildman–Crippen MR) is 101 cm³/mol. The van der Waals surface area contributed by atoms with Crippen LogP contribution in [0.25, 0.3) is 27.7 Å². The van der Waals surface area contributed by atoms with E-state index in [0.717, 1.165) is 0 Å². The number of aromatic nitrogens is 4. The zero-order valence-electron chi connectivity index (χ0n) is 15.3. The second kappa shape index (κ2) is 6.33. The Bertz CT molecular complexity index is 1280. The predicted octanol–water partition coefficient (Wildman–Crippen LogP) is 4.01. The van der Waals surface area contributed by atoms with Gasteiger partial charge in [-0.15, -0.1) is 0 Å². The number of imidazole rings is 1. The van der Waals surface area contributed by atoms with E-state index in [1.807, 2.05) is 0 Å². The lowest BCUT2D eigenvalue weighted by molar-refractivity contribution is -0.117. The van der Waals surface area contributed by atoms with E-state index in [1.165, 1.54) is 6.20 Å². The van der Waals surface area contributed by atoms with Gasteiger partial charge in [-0.1, -0.05) is 6.92 Å². The SMILES string of the molecule is CCc1c(F)c(F)c2[nH]ncc2c1-c1ccc2nc(NC(=O)[C@@H]3C[C@@H]3F)cn2c1. The van der Waals surface area contributed by atoms with Crippen molar-refractivity contribution >= 4 is 28.3 Å². The Labute approximate surface area is 162 Å². The monoisotopic (exact) mass is 399 g/mol. The summed E-state index contributed by atoms with van der Waals surface area (Å²) in [5.74, 6) is -2.55. The minimum atomic E-state index is -1.09. The van der Waals surface area contributed by atoms with Gasteiger partial charge in [-0.3, -0.25) is 9.89 Å². The van der Waals surface area contributed by atoms with Crippen LogP contribution in [0, 0.1) is 17.6 Å². The molecule has 2 atom stereocenters. The van der Waals surface area contributed by atoms with Gasteiger partial charge in [-0.25, -0.2) is 18.2 Å². The number of nitrogens with zero attached hydrogens (tertiary/aromatic N) is 3. The van der Waals surface area contributed by atoms with Crippen molar-refractivity contribution < 1.29 is 18.0 Å². The molecule has 1 amide bonds. The number of carbonyl (C=O) groups excluding carboxylic acids is 1. The number of carbonyl (C=O) groups is 1. The number of hydrogen-bond acceptors (Lipinski definition) is 3. The fourth-order valence-electron chi connectivity index (χ4n) is 3.67. The summed E-state index contributed by atoms with van der Waals surface area (Å²) in [4.78, 5) is 16.2. The third-order valence-electron chi connectivity index (χ3n) is 5.28. The third-order valence-corrected chi connectivity index (χ3v) is 5.28. The van der Waals surface area contributed by atoms with Crippen LogP contribution in [0.2, 0.25) is 0 Å². The molecule has 29 heavy (non-hydrogen) atoms. The number of nitrogens with one attached hydrogen (secondary N) is 2. The van der Waals surface area contributed by atoms with Crippen LogP contribution in [0.15, 0.2) is 30.7 Å². The highest BCUT2D eigenvalue weighted by Gasteiger charge is 2.43. The molecule has 0 unspecified atom stereocenters. The van der Waals surface area contributed by atoms with Crippen molar-refractivity contribution in [1.29, 1.82) is 0 Å². The van der Waals surface area contributed by atoms with Gasteiger partial charge in [0, 0.05) is 17.1 Å². The van der Waals surface area contributed by atoms with Gasteiger partial charge in [0.2, 0.25) is 5.91 Å².